The van der Waals surface area contributed by atoms with Crippen LogP contribution in [0.3, 0.4) is 0 Å². The van der Waals surface area contributed by atoms with Crippen LogP contribution < -0.4 is 10.2 Å². The summed E-state index contributed by atoms with van der Waals surface area (Å²) in [6.07, 6.45) is 1.73. The van der Waals surface area contributed by atoms with E-state index in [1.807, 2.05) is 37.3 Å². The van der Waals surface area contributed by atoms with Gasteiger partial charge >= 0.3 is 6.03 Å². The van der Waals surface area contributed by atoms with Crippen LogP contribution in [0.1, 0.15) is 24.6 Å². The maximum Gasteiger partial charge on any atom is 0.331 e. The molecule has 0 aliphatic carbocycles. The maximum absolute atomic E-state index is 12.6. The predicted octanol–water partition coefficient (Wildman–Crippen LogP) is 1.89. The Balaban J connectivity index is 1.83. The van der Waals surface area contributed by atoms with Crippen LogP contribution >= 0.6 is 0 Å². The summed E-state index contributed by atoms with van der Waals surface area (Å²) < 4.78 is 6.77. The summed E-state index contributed by atoms with van der Waals surface area (Å²) in [4.78, 5) is 25.9. The number of carbonyl (C=O) groups is 2. The van der Waals surface area contributed by atoms with E-state index in [0.717, 1.165) is 10.5 Å². The normalized spacial score (nSPS) is 19.0. The average molecular weight is 314 g/mol. The van der Waals surface area contributed by atoms with Crippen molar-refractivity contribution in [3.63, 3.8) is 0 Å². The lowest BCUT2D eigenvalue weighted by atomic mass is 10.1. The van der Waals surface area contributed by atoms with Gasteiger partial charge in [-0.1, -0.05) is 30.3 Å². The first-order chi connectivity index (χ1) is 11.1. The second-order valence-electron chi connectivity index (χ2n) is 5.43. The number of methoxy groups -OCH3 is 1. The molecular formula is C16H18N4O3. The molecule has 1 saturated heterocycles. The Kier molecular flexibility index (Phi) is 4.12. The number of benzene rings is 1. The van der Waals surface area contributed by atoms with Gasteiger partial charge in [0.05, 0.1) is 12.6 Å². The minimum Gasteiger partial charge on any atom is -0.382 e. The summed E-state index contributed by atoms with van der Waals surface area (Å²) in [6.45, 7) is 2.44. The van der Waals surface area contributed by atoms with Crippen LogP contribution in [0.2, 0.25) is 0 Å². The molecule has 0 bridgehead atoms. The molecule has 0 radical (unpaired) electrons. The number of hydrogen-bond acceptors (Lipinski definition) is 4. The topological polar surface area (TPSA) is 76.5 Å². The molecule has 0 spiro atoms. The van der Waals surface area contributed by atoms with Gasteiger partial charge in [-0.2, -0.15) is 5.10 Å². The lowest BCUT2D eigenvalue weighted by Gasteiger charge is -2.12. The van der Waals surface area contributed by atoms with Crippen molar-refractivity contribution in [3.8, 4) is 0 Å². The molecule has 1 unspecified atom stereocenters. The quantitative estimate of drug-likeness (QED) is 0.855. The molecule has 2 atom stereocenters. The van der Waals surface area contributed by atoms with Gasteiger partial charge in [-0.3, -0.25) is 9.48 Å². The Morgan fingerprint density at radius 2 is 2.00 bits per heavy atom. The van der Waals surface area contributed by atoms with Crippen molar-refractivity contribution in [1.29, 1.82) is 0 Å². The number of rotatable bonds is 5. The van der Waals surface area contributed by atoms with E-state index >= 15 is 0 Å². The largest absolute Gasteiger partial charge is 0.382 e. The van der Waals surface area contributed by atoms with Crippen LogP contribution in [-0.4, -0.2) is 35.4 Å². The molecule has 7 heteroatoms. The van der Waals surface area contributed by atoms with E-state index in [9.17, 15) is 9.59 Å². The van der Waals surface area contributed by atoms with Crippen molar-refractivity contribution in [1.82, 2.24) is 15.1 Å². The van der Waals surface area contributed by atoms with Crippen molar-refractivity contribution < 1.29 is 14.3 Å². The number of nitrogens with one attached hydrogen (secondary N) is 1. The predicted molar refractivity (Wildman–Crippen MR) is 84.0 cm³/mol. The monoisotopic (exact) mass is 314 g/mol. The Morgan fingerprint density at radius 1 is 1.26 bits per heavy atom. The molecule has 1 aliphatic heterocycles. The van der Waals surface area contributed by atoms with Crippen molar-refractivity contribution >= 4 is 17.8 Å². The zero-order valence-corrected chi connectivity index (χ0v) is 13.0. The van der Waals surface area contributed by atoms with Crippen molar-refractivity contribution in [2.75, 3.05) is 18.6 Å². The Hall–Kier alpha value is -2.67. The van der Waals surface area contributed by atoms with E-state index in [1.54, 1.807) is 24.1 Å². The second kappa shape index (κ2) is 6.21. The number of anilines is 1. The molecule has 120 valence electrons. The van der Waals surface area contributed by atoms with Crippen LogP contribution in [-0.2, 0) is 9.53 Å². The summed E-state index contributed by atoms with van der Waals surface area (Å²) >= 11 is 0. The van der Waals surface area contributed by atoms with Crippen molar-refractivity contribution in [2.45, 2.75) is 19.0 Å². The van der Waals surface area contributed by atoms with E-state index in [2.05, 4.69) is 10.4 Å². The molecule has 2 aromatic rings. The van der Waals surface area contributed by atoms with Crippen LogP contribution in [0.5, 0.6) is 0 Å². The van der Waals surface area contributed by atoms with Gasteiger partial charge in [0.1, 0.15) is 6.04 Å². The number of hydrogen-bond donors (Lipinski definition) is 1. The van der Waals surface area contributed by atoms with Crippen LogP contribution in [0, 0.1) is 0 Å². The highest BCUT2D eigenvalue weighted by Gasteiger charge is 2.41. The van der Waals surface area contributed by atoms with Gasteiger partial charge in [-0.05, 0) is 12.5 Å². The fourth-order valence-electron chi connectivity index (χ4n) is 2.58. The SMILES string of the molecule is COCC(C)n1ccc(N2C(=O)N[C@@H](c3ccccc3)C2=O)n1. The van der Waals surface area contributed by atoms with Crippen LogP contribution in [0.4, 0.5) is 10.6 Å². The number of aromatic nitrogens is 2. The smallest absolute Gasteiger partial charge is 0.331 e. The molecule has 3 amide bonds. The highest BCUT2D eigenvalue weighted by atomic mass is 16.5. The Morgan fingerprint density at radius 3 is 2.70 bits per heavy atom. The Labute approximate surface area is 133 Å². The van der Waals surface area contributed by atoms with Gasteiger partial charge in [0.2, 0.25) is 0 Å². The first kappa shape index (κ1) is 15.2. The lowest BCUT2D eigenvalue weighted by molar-refractivity contribution is -0.118. The van der Waals surface area contributed by atoms with E-state index < -0.39 is 12.1 Å². The average Bonchev–Trinajstić information content (AvgIpc) is 3.13. The number of imide groups is 1. The van der Waals surface area contributed by atoms with E-state index in [0.29, 0.717) is 12.4 Å². The molecule has 1 aromatic heterocycles. The summed E-state index contributed by atoms with van der Waals surface area (Å²) in [7, 11) is 1.61. The zero-order chi connectivity index (χ0) is 16.4. The van der Waals surface area contributed by atoms with E-state index in [4.69, 9.17) is 4.74 Å². The molecule has 1 aromatic carbocycles. The number of ether oxygens (including phenoxy) is 1. The fraction of sp³-hybridized carbons (Fsp3) is 0.312. The molecule has 23 heavy (non-hydrogen) atoms. The molecular weight excluding hydrogens is 296 g/mol. The number of amides is 3. The number of urea groups is 1. The number of carbonyl (C=O) groups excluding carboxylic acids is 2. The standard InChI is InChI=1S/C16H18N4O3/c1-11(10-23-2)19-9-8-13(18-19)20-15(21)14(17-16(20)22)12-6-4-3-5-7-12/h3-9,11,14H,10H2,1-2H3,(H,17,22)/t11?,14-/m0/s1. The van der Waals surface area contributed by atoms with Crippen molar-refractivity contribution in [2.24, 2.45) is 0 Å². The van der Waals surface area contributed by atoms with Crippen molar-refractivity contribution in [3.05, 3.63) is 48.2 Å². The van der Waals surface area contributed by atoms with Gasteiger partial charge in [0.25, 0.3) is 5.91 Å². The molecule has 0 saturated carbocycles. The summed E-state index contributed by atoms with van der Waals surface area (Å²) in [5, 5.41) is 7.02. The first-order valence-corrected chi connectivity index (χ1v) is 7.35. The minimum atomic E-state index is -0.676. The molecule has 1 fully saturated rings. The third kappa shape index (κ3) is 2.83. The molecule has 2 heterocycles. The van der Waals surface area contributed by atoms with Gasteiger partial charge < -0.3 is 10.1 Å². The second-order valence-corrected chi connectivity index (χ2v) is 5.43. The molecule has 1 N–H and O–H groups in total. The number of nitrogens with zero attached hydrogens (tertiary/aromatic N) is 3. The summed E-state index contributed by atoms with van der Waals surface area (Å²) in [6, 6.07) is 9.67. The minimum absolute atomic E-state index is 0.0134. The Bertz CT molecular complexity index is 713. The molecule has 7 nitrogen and oxygen atoms in total. The summed E-state index contributed by atoms with van der Waals surface area (Å²) in [5.74, 6) is -0.0141. The first-order valence-electron chi connectivity index (χ1n) is 7.35. The molecule has 3 rings (SSSR count). The van der Waals surface area contributed by atoms with Gasteiger partial charge in [-0.25, -0.2) is 9.69 Å². The lowest BCUT2D eigenvalue weighted by Crippen LogP contribution is -2.31. The van der Waals surface area contributed by atoms with Gasteiger partial charge in [0, 0.05) is 19.4 Å². The van der Waals surface area contributed by atoms with Crippen LogP contribution in [0.25, 0.3) is 0 Å². The fourth-order valence-corrected chi connectivity index (χ4v) is 2.58. The highest BCUT2D eigenvalue weighted by Crippen LogP contribution is 2.26. The third-order valence-corrected chi connectivity index (χ3v) is 3.75. The van der Waals surface area contributed by atoms with Gasteiger partial charge in [-0.15, -0.1) is 0 Å². The van der Waals surface area contributed by atoms with Crippen LogP contribution in [0.15, 0.2) is 42.6 Å². The maximum atomic E-state index is 12.6. The van der Waals surface area contributed by atoms with E-state index in [-0.39, 0.29) is 11.9 Å². The summed E-state index contributed by atoms with van der Waals surface area (Å²) in [5.41, 5.74) is 0.750. The highest BCUT2D eigenvalue weighted by molar-refractivity contribution is 6.20. The molecule has 1 aliphatic rings. The van der Waals surface area contributed by atoms with E-state index in [1.165, 1.54) is 0 Å². The third-order valence-electron chi connectivity index (χ3n) is 3.75. The van der Waals surface area contributed by atoms with Gasteiger partial charge in [0.15, 0.2) is 5.82 Å². The zero-order valence-electron chi connectivity index (χ0n) is 13.0.